The highest BCUT2D eigenvalue weighted by atomic mass is 15.1. The predicted octanol–water partition coefficient (Wildman–Crippen LogP) is 2.17. The Morgan fingerprint density at radius 3 is 2.93 bits per heavy atom. The molecular formula is C13H24N2. The van der Waals surface area contributed by atoms with Crippen LogP contribution in [0.1, 0.15) is 39.0 Å². The van der Waals surface area contributed by atoms with E-state index in [0.29, 0.717) is 0 Å². The third-order valence-electron chi connectivity index (χ3n) is 3.73. The summed E-state index contributed by atoms with van der Waals surface area (Å²) in [6.45, 7) is 7.02. The molecule has 15 heavy (non-hydrogen) atoms. The Kier molecular flexibility index (Phi) is 4.21. The second-order valence-electron chi connectivity index (χ2n) is 4.88. The first kappa shape index (κ1) is 11.2. The number of hydrogen-bond donors (Lipinski definition) is 1. The summed E-state index contributed by atoms with van der Waals surface area (Å²) in [7, 11) is 0. The zero-order chi connectivity index (χ0) is 10.5. The quantitative estimate of drug-likeness (QED) is 0.712. The van der Waals surface area contributed by atoms with Crippen molar-refractivity contribution in [3.63, 3.8) is 0 Å². The van der Waals surface area contributed by atoms with Gasteiger partial charge in [0.15, 0.2) is 0 Å². The summed E-state index contributed by atoms with van der Waals surface area (Å²) < 4.78 is 0. The van der Waals surface area contributed by atoms with Crippen LogP contribution in [0.4, 0.5) is 0 Å². The standard InChI is InChI=1S/C13H24N2/c1-2-15-9-5-6-12(11-15)10-14-13-7-3-4-8-13/h6,13-14H,2-5,7-11H2,1H3. The molecule has 0 saturated heterocycles. The van der Waals surface area contributed by atoms with Crippen LogP contribution >= 0.6 is 0 Å². The maximum absolute atomic E-state index is 3.70. The van der Waals surface area contributed by atoms with Crippen molar-refractivity contribution in [1.82, 2.24) is 10.2 Å². The fourth-order valence-electron chi connectivity index (χ4n) is 2.69. The van der Waals surface area contributed by atoms with Crippen molar-refractivity contribution < 1.29 is 0 Å². The zero-order valence-electron chi connectivity index (χ0n) is 9.97. The monoisotopic (exact) mass is 208 g/mol. The summed E-state index contributed by atoms with van der Waals surface area (Å²) >= 11 is 0. The van der Waals surface area contributed by atoms with Crippen LogP contribution in [0.25, 0.3) is 0 Å². The molecule has 2 heteroatoms. The number of hydrogen-bond acceptors (Lipinski definition) is 2. The molecule has 0 unspecified atom stereocenters. The topological polar surface area (TPSA) is 15.3 Å². The third kappa shape index (κ3) is 3.32. The molecule has 2 aliphatic rings. The van der Waals surface area contributed by atoms with Crippen molar-refractivity contribution in [2.45, 2.75) is 45.1 Å². The lowest BCUT2D eigenvalue weighted by molar-refractivity contribution is 0.302. The van der Waals surface area contributed by atoms with E-state index in [4.69, 9.17) is 0 Å². The number of rotatable bonds is 4. The smallest absolute Gasteiger partial charge is 0.0205 e. The minimum absolute atomic E-state index is 0.808. The van der Waals surface area contributed by atoms with Crippen LogP contribution in [0.2, 0.25) is 0 Å². The Morgan fingerprint density at radius 2 is 2.20 bits per heavy atom. The van der Waals surface area contributed by atoms with E-state index in [-0.39, 0.29) is 0 Å². The lowest BCUT2D eigenvalue weighted by Gasteiger charge is -2.26. The molecule has 0 amide bonds. The molecule has 1 fully saturated rings. The van der Waals surface area contributed by atoms with Crippen molar-refractivity contribution in [3.8, 4) is 0 Å². The van der Waals surface area contributed by atoms with E-state index >= 15 is 0 Å². The fourth-order valence-corrected chi connectivity index (χ4v) is 2.69. The van der Waals surface area contributed by atoms with Gasteiger partial charge in [0, 0.05) is 25.7 Å². The highest BCUT2D eigenvalue weighted by Gasteiger charge is 2.16. The third-order valence-corrected chi connectivity index (χ3v) is 3.73. The van der Waals surface area contributed by atoms with Crippen LogP contribution in [0, 0.1) is 0 Å². The van der Waals surface area contributed by atoms with Gasteiger partial charge in [-0.3, -0.25) is 4.90 Å². The van der Waals surface area contributed by atoms with Crippen LogP contribution in [0.5, 0.6) is 0 Å². The van der Waals surface area contributed by atoms with E-state index in [9.17, 15) is 0 Å². The first-order valence-corrected chi connectivity index (χ1v) is 6.52. The average molecular weight is 208 g/mol. The summed E-state index contributed by atoms with van der Waals surface area (Å²) in [5, 5.41) is 3.70. The lowest BCUT2D eigenvalue weighted by Crippen LogP contribution is -2.35. The molecule has 86 valence electrons. The van der Waals surface area contributed by atoms with Gasteiger partial charge in [0.25, 0.3) is 0 Å². The van der Waals surface area contributed by atoms with Gasteiger partial charge in [-0.2, -0.15) is 0 Å². The molecule has 1 N–H and O–H groups in total. The maximum atomic E-state index is 3.70. The van der Waals surface area contributed by atoms with Crippen molar-refractivity contribution in [2.75, 3.05) is 26.2 Å². The first-order valence-electron chi connectivity index (χ1n) is 6.52. The van der Waals surface area contributed by atoms with E-state index in [0.717, 1.165) is 12.6 Å². The molecule has 0 aromatic heterocycles. The van der Waals surface area contributed by atoms with Gasteiger partial charge in [-0.05, 0) is 31.4 Å². The number of nitrogens with zero attached hydrogens (tertiary/aromatic N) is 1. The molecule has 1 heterocycles. The molecule has 1 saturated carbocycles. The lowest BCUT2D eigenvalue weighted by atomic mass is 10.1. The van der Waals surface area contributed by atoms with E-state index < -0.39 is 0 Å². The van der Waals surface area contributed by atoms with E-state index in [2.05, 4.69) is 23.2 Å². The molecule has 2 nitrogen and oxygen atoms in total. The van der Waals surface area contributed by atoms with Gasteiger partial charge in [0.05, 0.1) is 0 Å². The SMILES string of the molecule is CCN1CCC=C(CNC2CCCC2)C1. The van der Waals surface area contributed by atoms with Crippen molar-refractivity contribution in [1.29, 1.82) is 0 Å². The first-order chi connectivity index (χ1) is 7.38. The zero-order valence-corrected chi connectivity index (χ0v) is 9.97. The van der Waals surface area contributed by atoms with Crippen molar-refractivity contribution >= 4 is 0 Å². The molecule has 0 aromatic carbocycles. The Hall–Kier alpha value is -0.340. The van der Waals surface area contributed by atoms with Gasteiger partial charge >= 0.3 is 0 Å². The molecule has 0 atom stereocenters. The van der Waals surface area contributed by atoms with Gasteiger partial charge in [-0.1, -0.05) is 25.8 Å². The normalized spacial score (nSPS) is 24.5. The number of likely N-dealkylation sites (N-methyl/N-ethyl adjacent to an activating group) is 1. The maximum Gasteiger partial charge on any atom is 0.0205 e. The van der Waals surface area contributed by atoms with Gasteiger partial charge in [-0.25, -0.2) is 0 Å². The summed E-state index contributed by atoms with van der Waals surface area (Å²) in [5.41, 5.74) is 1.61. The second-order valence-corrected chi connectivity index (χ2v) is 4.88. The minimum atomic E-state index is 0.808. The molecule has 1 aliphatic carbocycles. The second kappa shape index (κ2) is 5.66. The Balaban J connectivity index is 1.71. The highest BCUT2D eigenvalue weighted by molar-refractivity contribution is 5.10. The van der Waals surface area contributed by atoms with Crippen LogP contribution in [-0.2, 0) is 0 Å². The van der Waals surface area contributed by atoms with Crippen molar-refractivity contribution in [3.05, 3.63) is 11.6 Å². The fraction of sp³-hybridized carbons (Fsp3) is 0.846. The largest absolute Gasteiger partial charge is 0.310 e. The van der Waals surface area contributed by atoms with Crippen LogP contribution < -0.4 is 5.32 Å². The molecule has 2 rings (SSSR count). The van der Waals surface area contributed by atoms with Crippen LogP contribution in [0.15, 0.2) is 11.6 Å². The molecule has 1 aliphatic heterocycles. The van der Waals surface area contributed by atoms with Gasteiger partial charge in [0.2, 0.25) is 0 Å². The van der Waals surface area contributed by atoms with E-state index in [1.165, 1.54) is 51.7 Å². The predicted molar refractivity (Wildman–Crippen MR) is 65.1 cm³/mol. The van der Waals surface area contributed by atoms with Crippen LogP contribution in [-0.4, -0.2) is 37.1 Å². The molecular weight excluding hydrogens is 184 g/mol. The van der Waals surface area contributed by atoms with Crippen molar-refractivity contribution in [2.24, 2.45) is 0 Å². The van der Waals surface area contributed by atoms with Gasteiger partial charge < -0.3 is 5.32 Å². The van der Waals surface area contributed by atoms with E-state index in [1.54, 1.807) is 5.57 Å². The summed E-state index contributed by atoms with van der Waals surface area (Å²) in [4.78, 5) is 2.53. The number of nitrogens with one attached hydrogen (secondary N) is 1. The Labute approximate surface area is 93.7 Å². The van der Waals surface area contributed by atoms with E-state index in [1.807, 2.05) is 0 Å². The summed E-state index contributed by atoms with van der Waals surface area (Å²) in [6, 6.07) is 0.808. The summed E-state index contributed by atoms with van der Waals surface area (Å²) in [6.07, 6.45) is 9.33. The highest BCUT2D eigenvalue weighted by Crippen LogP contribution is 2.18. The molecule has 0 bridgehead atoms. The Bertz CT molecular complexity index is 217. The van der Waals surface area contributed by atoms with Gasteiger partial charge in [-0.15, -0.1) is 0 Å². The minimum Gasteiger partial charge on any atom is -0.310 e. The van der Waals surface area contributed by atoms with Crippen LogP contribution in [0.3, 0.4) is 0 Å². The summed E-state index contributed by atoms with van der Waals surface area (Å²) in [5.74, 6) is 0. The average Bonchev–Trinajstić information content (AvgIpc) is 2.79. The molecule has 0 radical (unpaired) electrons. The molecule has 0 aromatic rings. The van der Waals surface area contributed by atoms with Gasteiger partial charge in [0.1, 0.15) is 0 Å². The Morgan fingerprint density at radius 1 is 1.40 bits per heavy atom. The molecule has 0 spiro atoms.